The lowest BCUT2D eigenvalue weighted by molar-refractivity contribution is -0.133. The molecule has 1 aromatic rings. The SMILES string of the molecule is COC1=CC(N2CCN(C(=O)Cn3nc(C)c(C)c3C)CC2)=CCC=C1Cl. The topological polar surface area (TPSA) is 50.6 Å². The Morgan fingerprint density at radius 2 is 1.89 bits per heavy atom. The molecule has 146 valence electrons. The minimum Gasteiger partial charge on any atom is -0.495 e. The number of hydrogen-bond acceptors (Lipinski definition) is 4. The van der Waals surface area contributed by atoms with Gasteiger partial charge < -0.3 is 14.5 Å². The summed E-state index contributed by atoms with van der Waals surface area (Å²) in [6.45, 7) is 9.32. The smallest absolute Gasteiger partial charge is 0.244 e. The zero-order chi connectivity index (χ0) is 19.6. The van der Waals surface area contributed by atoms with Gasteiger partial charge in [-0.3, -0.25) is 9.48 Å². The number of rotatable bonds is 4. The standard InChI is InChI=1S/C20H27ClN4O2/c1-14-15(2)22-25(16(14)3)13-20(26)24-10-8-23(9-11-24)17-6-5-7-18(21)19(12-17)27-4/h6-7,12H,5,8-11,13H2,1-4H3. The minimum absolute atomic E-state index is 0.118. The predicted octanol–water partition coefficient (Wildman–Crippen LogP) is 2.89. The van der Waals surface area contributed by atoms with Gasteiger partial charge in [0.25, 0.3) is 0 Å². The predicted molar refractivity (Wildman–Crippen MR) is 106 cm³/mol. The molecule has 0 N–H and O–H groups in total. The van der Waals surface area contributed by atoms with E-state index in [0.29, 0.717) is 30.4 Å². The Morgan fingerprint density at radius 1 is 1.19 bits per heavy atom. The summed E-state index contributed by atoms with van der Waals surface area (Å²) in [4.78, 5) is 16.9. The number of carbonyl (C=O) groups is 1. The van der Waals surface area contributed by atoms with Crippen LogP contribution in [0.25, 0.3) is 0 Å². The third kappa shape index (κ3) is 4.21. The summed E-state index contributed by atoms with van der Waals surface area (Å²) in [5.41, 5.74) is 4.30. The van der Waals surface area contributed by atoms with E-state index in [1.54, 1.807) is 7.11 Å². The molecular weight excluding hydrogens is 364 g/mol. The molecule has 27 heavy (non-hydrogen) atoms. The van der Waals surface area contributed by atoms with Gasteiger partial charge in [0.15, 0.2) is 0 Å². The van der Waals surface area contributed by atoms with Crippen LogP contribution in [0.5, 0.6) is 0 Å². The van der Waals surface area contributed by atoms with E-state index in [9.17, 15) is 4.79 Å². The van der Waals surface area contributed by atoms with Crippen molar-refractivity contribution < 1.29 is 9.53 Å². The second kappa shape index (κ2) is 8.21. The summed E-state index contributed by atoms with van der Waals surface area (Å²) < 4.78 is 7.19. The van der Waals surface area contributed by atoms with Gasteiger partial charge in [-0.1, -0.05) is 23.8 Å². The van der Waals surface area contributed by atoms with Crippen molar-refractivity contribution in [1.29, 1.82) is 0 Å². The Kier molecular flexibility index (Phi) is 5.95. The first kappa shape index (κ1) is 19.5. The molecule has 1 aliphatic carbocycles. The number of hydrogen-bond donors (Lipinski definition) is 0. The van der Waals surface area contributed by atoms with Gasteiger partial charge in [-0.25, -0.2) is 0 Å². The average Bonchev–Trinajstić information content (AvgIpc) is 2.82. The maximum Gasteiger partial charge on any atom is 0.244 e. The molecule has 0 aromatic carbocycles. The third-order valence-corrected chi connectivity index (χ3v) is 5.72. The normalized spacial score (nSPS) is 17.9. The number of ether oxygens (including phenoxy) is 1. The molecule has 1 amide bonds. The van der Waals surface area contributed by atoms with Crippen LogP contribution in [0.2, 0.25) is 0 Å². The second-order valence-corrected chi connectivity index (χ2v) is 7.36. The fourth-order valence-corrected chi connectivity index (χ4v) is 3.63. The molecule has 7 heteroatoms. The highest BCUT2D eigenvalue weighted by Gasteiger charge is 2.23. The molecule has 3 rings (SSSR count). The van der Waals surface area contributed by atoms with E-state index in [1.807, 2.05) is 42.5 Å². The second-order valence-electron chi connectivity index (χ2n) is 6.95. The van der Waals surface area contributed by atoms with E-state index in [0.717, 1.165) is 42.2 Å². The number of aromatic nitrogens is 2. The van der Waals surface area contributed by atoms with Gasteiger partial charge in [0.2, 0.25) is 5.91 Å². The van der Waals surface area contributed by atoms with Crippen molar-refractivity contribution in [2.75, 3.05) is 33.3 Å². The van der Waals surface area contributed by atoms with Gasteiger partial charge in [0, 0.05) is 43.6 Å². The summed E-state index contributed by atoms with van der Waals surface area (Å²) in [6.07, 6.45) is 6.83. The highest BCUT2D eigenvalue weighted by atomic mass is 35.5. The number of methoxy groups -OCH3 is 1. The van der Waals surface area contributed by atoms with E-state index in [2.05, 4.69) is 16.1 Å². The number of halogens is 1. The molecule has 2 heterocycles. The number of piperazine rings is 1. The van der Waals surface area contributed by atoms with Crippen LogP contribution < -0.4 is 0 Å². The van der Waals surface area contributed by atoms with Gasteiger partial charge in [-0.05, 0) is 32.8 Å². The first-order valence-corrected chi connectivity index (χ1v) is 9.63. The molecule has 1 fully saturated rings. The maximum atomic E-state index is 12.7. The van der Waals surface area contributed by atoms with Crippen LogP contribution in [0.3, 0.4) is 0 Å². The van der Waals surface area contributed by atoms with Crippen LogP contribution in [0.4, 0.5) is 0 Å². The molecule has 0 atom stereocenters. The van der Waals surface area contributed by atoms with Crippen LogP contribution in [0.15, 0.2) is 34.7 Å². The Hall–Kier alpha value is -2.21. The van der Waals surface area contributed by atoms with Crippen LogP contribution in [-0.4, -0.2) is 58.8 Å². The first-order chi connectivity index (χ1) is 12.9. The van der Waals surface area contributed by atoms with Gasteiger partial charge in [-0.15, -0.1) is 0 Å². The average molecular weight is 391 g/mol. The number of allylic oxidation sites excluding steroid dienone is 4. The molecule has 6 nitrogen and oxygen atoms in total. The highest BCUT2D eigenvalue weighted by molar-refractivity contribution is 6.31. The van der Waals surface area contributed by atoms with E-state index in [-0.39, 0.29) is 5.91 Å². The van der Waals surface area contributed by atoms with Crippen molar-refractivity contribution in [2.24, 2.45) is 0 Å². The monoisotopic (exact) mass is 390 g/mol. The van der Waals surface area contributed by atoms with Gasteiger partial charge in [0.05, 0.1) is 17.8 Å². The molecule has 0 bridgehead atoms. The summed E-state index contributed by atoms with van der Waals surface area (Å²) in [5.74, 6) is 0.798. The fourth-order valence-electron chi connectivity index (χ4n) is 3.41. The molecule has 1 aliphatic heterocycles. The van der Waals surface area contributed by atoms with Crippen molar-refractivity contribution in [1.82, 2.24) is 19.6 Å². The lowest BCUT2D eigenvalue weighted by Gasteiger charge is -2.36. The molecule has 0 radical (unpaired) electrons. The molecule has 1 saturated heterocycles. The summed E-state index contributed by atoms with van der Waals surface area (Å²) in [7, 11) is 1.63. The quantitative estimate of drug-likeness (QED) is 0.793. The lowest BCUT2D eigenvalue weighted by atomic mass is 10.2. The zero-order valence-electron chi connectivity index (χ0n) is 16.5. The molecule has 0 spiro atoms. The van der Waals surface area contributed by atoms with Crippen LogP contribution in [-0.2, 0) is 16.1 Å². The Bertz CT molecular complexity index is 814. The zero-order valence-corrected chi connectivity index (χ0v) is 17.2. The fraction of sp³-hybridized carbons (Fsp3) is 0.500. The minimum atomic E-state index is 0.118. The third-order valence-electron chi connectivity index (χ3n) is 5.38. The molecule has 0 saturated carbocycles. The van der Waals surface area contributed by atoms with E-state index >= 15 is 0 Å². The number of carbonyl (C=O) groups excluding carboxylic acids is 1. The van der Waals surface area contributed by atoms with Crippen molar-refractivity contribution in [2.45, 2.75) is 33.7 Å². The number of nitrogens with zero attached hydrogens (tertiary/aromatic N) is 4. The molecule has 2 aliphatic rings. The van der Waals surface area contributed by atoms with Gasteiger partial charge in [0.1, 0.15) is 12.3 Å². The first-order valence-electron chi connectivity index (χ1n) is 9.26. The lowest BCUT2D eigenvalue weighted by Crippen LogP contribution is -2.49. The van der Waals surface area contributed by atoms with Gasteiger partial charge in [-0.2, -0.15) is 5.10 Å². The maximum absolute atomic E-state index is 12.7. The number of amides is 1. The molecule has 0 unspecified atom stereocenters. The van der Waals surface area contributed by atoms with Gasteiger partial charge >= 0.3 is 0 Å². The van der Waals surface area contributed by atoms with E-state index in [1.165, 1.54) is 0 Å². The largest absolute Gasteiger partial charge is 0.495 e. The summed E-state index contributed by atoms with van der Waals surface area (Å²) in [6, 6.07) is 0. The van der Waals surface area contributed by atoms with Crippen LogP contribution >= 0.6 is 11.6 Å². The Balaban J connectivity index is 1.60. The van der Waals surface area contributed by atoms with Crippen molar-refractivity contribution in [3.63, 3.8) is 0 Å². The number of aryl methyl sites for hydroxylation is 1. The Labute approximate surface area is 165 Å². The van der Waals surface area contributed by atoms with Crippen molar-refractivity contribution in [3.05, 3.63) is 51.7 Å². The summed E-state index contributed by atoms with van der Waals surface area (Å²) >= 11 is 6.21. The van der Waals surface area contributed by atoms with Crippen molar-refractivity contribution in [3.8, 4) is 0 Å². The molecule has 1 aromatic heterocycles. The van der Waals surface area contributed by atoms with Crippen LogP contribution in [0.1, 0.15) is 23.4 Å². The molecular formula is C20H27ClN4O2. The summed E-state index contributed by atoms with van der Waals surface area (Å²) in [5, 5.41) is 5.11. The Morgan fingerprint density at radius 3 is 2.48 bits per heavy atom. The van der Waals surface area contributed by atoms with Crippen molar-refractivity contribution >= 4 is 17.5 Å². The highest BCUT2D eigenvalue weighted by Crippen LogP contribution is 2.24. The van der Waals surface area contributed by atoms with E-state index < -0.39 is 0 Å². The van der Waals surface area contributed by atoms with Crippen LogP contribution in [0, 0.1) is 20.8 Å². The van der Waals surface area contributed by atoms with E-state index in [4.69, 9.17) is 16.3 Å².